The van der Waals surface area contributed by atoms with Crippen molar-refractivity contribution in [2.24, 2.45) is 11.3 Å². The molecule has 1 heteroatoms. The lowest BCUT2D eigenvalue weighted by molar-refractivity contribution is 0.303. The van der Waals surface area contributed by atoms with Crippen LogP contribution in [-0.4, -0.2) is 7.28 Å². The highest BCUT2D eigenvalue weighted by Gasteiger charge is 2.45. The minimum absolute atomic E-state index is 0.381. The molecule has 0 nitrogen and oxygen atoms in total. The first-order valence-corrected chi connectivity index (χ1v) is 7.25. The summed E-state index contributed by atoms with van der Waals surface area (Å²) >= 11 is 0. The van der Waals surface area contributed by atoms with Crippen LogP contribution >= 0.6 is 0 Å². The predicted octanol–water partition coefficient (Wildman–Crippen LogP) is 4.28. The maximum absolute atomic E-state index is 2.57. The van der Waals surface area contributed by atoms with Gasteiger partial charge in [-0.15, -0.1) is 0 Å². The highest BCUT2D eigenvalue weighted by atomic mass is 14.5. The number of hydrogen-bond donors (Lipinski definition) is 0. The van der Waals surface area contributed by atoms with Crippen molar-refractivity contribution in [1.82, 2.24) is 0 Å². The third-order valence-electron chi connectivity index (χ3n) is 5.28. The fourth-order valence-electron chi connectivity index (χ4n) is 4.10. The standard InChI is InChI=1S/C16H23B/c1-16(2)14-7-5-4-6-12(14)13-9-8-11(17-3)10-15(13)16/h5,7,9,11,15,17H,4,6,8,10H2,1-3H3. The summed E-state index contributed by atoms with van der Waals surface area (Å²) in [7, 11) is 1.34. The number of allylic oxidation sites excluding steroid dienone is 6. The second kappa shape index (κ2) is 3.90. The van der Waals surface area contributed by atoms with Crippen LogP contribution in [0, 0.1) is 11.3 Å². The first-order valence-electron chi connectivity index (χ1n) is 7.25. The van der Waals surface area contributed by atoms with Crippen molar-refractivity contribution < 1.29 is 0 Å². The van der Waals surface area contributed by atoms with Gasteiger partial charge in [-0.25, -0.2) is 0 Å². The molecule has 0 radical (unpaired) electrons. The summed E-state index contributed by atoms with van der Waals surface area (Å²) < 4.78 is 0. The molecule has 0 aliphatic heterocycles. The van der Waals surface area contributed by atoms with E-state index in [4.69, 9.17) is 0 Å². The van der Waals surface area contributed by atoms with Crippen LogP contribution < -0.4 is 0 Å². The van der Waals surface area contributed by atoms with E-state index in [9.17, 15) is 0 Å². The van der Waals surface area contributed by atoms with Gasteiger partial charge in [-0.3, -0.25) is 0 Å². The number of rotatable bonds is 1. The molecule has 2 unspecified atom stereocenters. The number of fused-ring (bicyclic) bond motifs is 2. The minimum Gasteiger partial charge on any atom is -0.0891 e. The Bertz CT molecular complexity index is 423. The maximum Gasteiger partial charge on any atom is 0.121 e. The van der Waals surface area contributed by atoms with Gasteiger partial charge in [0.1, 0.15) is 7.28 Å². The second-order valence-corrected chi connectivity index (χ2v) is 6.51. The summed E-state index contributed by atoms with van der Waals surface area (Å²) in [6.45, 7) is 7.27. The molecule has 0 saturated carbocycles. The third kappa shape index (κ3) is 1.58. The van der Waals surface area contributed by atoms with E-state index in [0.29, 0.717) is 5.41 Å². The van der Waals surface area contributed by atoms with E-state index >= 15 is 0 Å². The lowest BCUT2D eigenvalue weighted by Gasteiger charge is -2.35. The lowest BCUT2D eigenvalue weighted by atomic mass is 9.57. The summed E-state index contributed by atoms with van der Waals surface area (Å²) in [5.74, 6) is 1.72. The quantitative estimate of drug-likeness (QED) is 0.585. The first-order chi connectivity index (χ1) is 8.14. The van der Waals surface area contributed by atoms with E-state index in [1.165, 1.54) is 33.0 Å². The molecular formula is C16H23B. The SMILES string of the molecule is CBC1CC=C2C3=C(C=CCC3)C(C)(C)C2C1. The Morgan fingerprint density at radius 3 is 2.94 bits per heavy atom. The van der Waals surface area contributed by atoms with Crippen LogP contribution in [0.3, 0.4) is 0 Å². The summed E-state index contributed by atoms with van der Waals surface area (Å²) in [4.78, 5) is 0. The van der Waals surface area contributed by atoms with Crippen LogP contribution in [0.1, 0.15) is 39.5 Å². The molecule has 0 spiro atoms. The van der Waals surface area contributed by atoms with Crippen LogP contribution in [0.4, 0.5) is 0 Å². The molecule has 90 valence electrons. The lowest BCUT2D eigenvalue weighted by Crippen LogP contribution is -2.26. The zero-order valence-corrected chi connectivity index (χ0v) is 11.4. The van der Waals surface area contributed by atoms with E-state index < -0.39 is 0 Å². The Morgan fingerprint density at radius 1 is 1.35 bits per heavy atom. The molecule has 3 aliphatic rings. The van der Waals surface area contributed by atoms with E-state index in [-0.39, 0.29) is 0 Å². The van der Waals surface area contributed by atoms with Gasteiger partial charge in [0.2, 0.25) is 0 Å². The van der Waals surface area contributed by atoms with Gasteiger partial charge < -0.3 is 0 Å². The van der Waals surface area contributed by atoms with E-state index in [2.05, 4.69) is 38.9 Å². The van der Waals surface area contributed by atoms with Crippen molar-refractivity contribution in [3.8, 4) is 0 Å². The predicted molar refractivity (Wildman–Crippen MR) is 76.8 cm³/mol. The van der Waals surface area contributed by atoms with Crippen LogP contribution in [0.15, 0.2) is 34.9 Å². The first kappa shape index (κ1) is 11.4. The normalized spacial score (nSPS) is 34.2. The Morgan fingerprint density at radius 2 is 2.18 bits per heavy atom. The van der Waals surface area contributed by atoms with Crippen molar-refractivity contribution in [1.29, 1.82) is 0 Å². The Labute approximate surface area is 106 Å². The summed E-state index contributed by atoms with van der Waals surface area (Å²) in [6, 6.07) is 0. The van der Waals surface area contributed by atoms with E-state index in [1.807, 2.05) is 0 Å². The summed E-state index contributed by atoms with van der Waals surface area (Å²) in [6.07, 6.45) is 12.6. The molecule has 0 fully saturated rings. The van der Waals surface area contributed by atoms with Crippen LogP contribution in [-0.2, 0) is 0 Å². The summed E-state index contributed by atoms with van der Waals surface area (Å²) in [5, 5.41) is 0. The fraction of sp³-hybridized carbons (Fsp3) is 0.625. The molecule has 3 aliphatic carbocycles. The van der Waals surface area contributed by atoms with Crippen molar-refractivity contribution in [3.05, 3.63) is 34.9 Å². The molecule has 0 N–H and O–H groups in total. The van der Waals surface area contributed by atoms with Crippen LogP contribution in [0.5, 0.6) is 0 Å². The monoisotopic (exact) mass is 226 g/mol. The van der Waals surface area contributed by atoms with Gasteiger partial charge in [0.05, 0.1) is 0 Å². The van der Waals surface area contributed by atoms with Crippen molar-refractivity contribution in [3.63, 3.8) is 0 Å². The van der Waals surface area contributed by atoms with Gasteiger partial charge in [-0.1, -0.05) is 44.7 Å². The zero-order chi connectivity index (χ0) is 12.0. The molecule has 17 heavy (non-hydrogen) atoms. The Balaban J connectivity index is 2.02. The molecule has 0 aromatic carbocycles. The highest BCUT2D eigenvalue weighted by molar-refractivity contribution is 6.35. The Kier molecular flexibility index (Phi) is 2.61. The topological polar surface area (TPSA) is 0 Å². The van der Waals surface area contributed by atoms with Crippen molar-refractivity contribution in [2.75, 3.05) is 0 Å². The highest BCUT2D eigenvalue weighted by Crippen LogP contribution is 2.57. The molecule has 0 aromatic heterocycles. The minimum atomic E-state index is 0.381. The fourth-order valence-corrected chi connectivity index (χ4v) is 4.10. The van der Waals surface area contributed by atoms with Crippen molar-refractivity contribution >= 4 is 7.28 Å². The molecule has 0 amide bonds. The maximum atomic E-state index is 2.57. The molecule has 0 aromatic rings. The van der Waals surface area contributed by atoms with Gasteiger partial charge >= 0.3 is 0 Å². The molecular weight excluding hydrogens is 203 g/mol. The molecule has 3 rings (SSSR count). The third-order valence-corrected chi connectivity index (χ3v) is 5.28. The zero-order valence-electron chi connectivity index (χ0n) is 11.4. The molecule has 0 bridgehead atoms. The largest absolute Gasteiger partial charge is 0.121 e. The van der Waals surface area contributed by atoms with Gasteiger partial charge in [-0.05, 0) is 53.7 Å². The van der Waals surface area contributed by atoms with Gasteiger partial charge in [0, 0.05) is 0 Å². The molecule has 2 atom stereocenters. The van der Waals surface area contributed by atoms with Gasteiger partial charge in [0.15, 0.2) is 0 Å². The van der Waals surface area contributed by atoms with Crippen molar-refractivity contribution in [2.45, 2.75) is 52.2 Å². The van der Waals surface area contributed by atoms with Crippen LogP contribution in [0.25, 0.3) is 0 Å². The Hall–Kier alpha value is -0.715. The van der Waals surface area contributed by atoms with Crippen LogP contribution in [0.2, 0.25) is 12.6 Å². The van der Waals surface area contributed by atoms with E-state index in [1.54, 1.807) is 16.7 Å². The smallest absolute Gasteiger partial charge is 0.0891 e. The summed E-state index contributed by atoms with van der Waals surface area (Å²) in [5.41, 5.74) is 5.46. The average molecular weight is 226 g/mol. The average Bonchev–Trinajstić information content (AvgIpc) is 2.59. The molecule has 0 heterocycles. The molecule has 0 saturated heterocycles. The number of hydrogen-bond acceptors (Lipinski definition) is 0. The van der Waals surface area contributed by atoms with Gasteiger partial charge in [0.25, 0.3) is 0 Å². The van der Waals surface area contributed by atoms with Gasteiger partial charge in [-0.2, -0.15) is 0 Å². The van der Waals surface area contributed by atoms with E-state index in [0.717, 1.165) is 11.7 Å². The second-order valence-electron chi connectivity index (χ2n) is 6.51.